The molecule has 42 heavy (non-hydrogen) atoms. The minimum absolute atomic E-state index is 0.191. The SMILES string of the molecule is C=CC(C)(O)CCC(CC)CCCC(C)CCCC(C)C.CCC(CCCC(C)CCCC(C)C)CCC(C)=CCO. The smallest absolute Gasteiger partial charge is 0.0797 e. The van der Waals surface area contributed by atoms with Crippen LogP contribution in [-0.2, 0) is 0 Å². The zero-order valence-electron chi connectivity index (χ0n) is 30.7. The van der Waals surface area contributed by atoms with Crippen molar-refractivity contribution in [2.75, 3.05) is 6.61 Å². The minimum Gasteiger partial charge on any atom is -0.392 e. The minimum atomic E-state index is -0.683. The highest BCUT2D eigenvalue weighted by Gasteiger charge is 2.18. The van der Waals surface area contributed by atoms with Gasteiger partial charge in [0.05, 0.1) is 12.2 Å². The molecule has 0 rings (SSSR count). The highest BCUT2D eigenvalue weighted by Crippen LogP contribution is 2.26. The van der Waals surface area contributed by atoms with Gasteiger partial charge in [0.25, 0.3) is 0 Å². The van der Waals surface area contributed by atoms with E-state index in [1.54, 1.807) is 6.08 Å². The summed E-state index contributed by atoms with van der Waals surface area (Å²) >= 11 is 0. The van der Waals surface area contributed by atoms with Gasteiger partial charge in [0.15, 0.2) is 0 Å². The lowest BCUT2D eigenvalue weighted by atomic mass is 9.87. The van der Waals surface area contributed by atoms with Gasteiger partial charge in [0.2, 0.25) is 0 Å². The van der Waals surface area contributed by atoms with Crippen LogP contribution in [0, 0.1) is 35.5 Å². The fourth-order valence-electron chi connectivity index (χ4n) is 5.94. The summed E-state index contributed by atoms with van der Waals surface area (Å²) < 4.78 is 0. The average Bonchev–Trinajstić information content (AvgIpc) is 2.92. The topological polar surface area (TPSA) is 40.5 Å². The quantitative estimate of drug-likeness (QED) is 0.0981. The van der Waals surface area contributed by atoms with Crippen LogP contribution in [0.5, 0.6) is 0 Å². The van der Waals surface area contributed by atoms with Crippen LogP contribution in [0.2, 0.25) is 0 Å². The first-order valence-electron chi connectivity index (χ1n) is 18.4. The Hall–Kier alpha value is -0.600. The number of rotatable bonds is 26. The normalized spacial score (nSPS) is 16.5. The van der Waals surface area contributed by atoms with Crippen molar-refractivity contribution in [3.8, 4) is 0 Å². The van der Waals surface area contributed by atoms with Crippen LogP contribution in [0.25, 0.3) is 0 Å². The van der Waals surface area contributed by atoms with Gasteiger partial charge in [-0.25, -0.2) is 0 Å². The maximum absolute atomic E-state index is 10.0. The molecule has 0 fully saturated rings. The van der Waals surface area contributed by atoms with Crippen LogP contribution in [-0.4, -0.2) is 22.4 Å². The van der Waals surface area contributed by atoms with Crippen LogP contribution in [0.15, 0.2) is 24.3 Å². The first kappa shape index (κ1) is 43.5. The molecule has 2 nitrogen and oxygen atoms in total. The summed E-state index contributed by atoms with van der Waals surface area (Å²) in [6.07, 6.45) is 27.1. The predicted octanol–water partition coefficient (Wildman–Crippen LogP) is 12.7. The molecule has 0 aromatic carbocycles. The van der Waals surface area contributed by atoms with Crippen molar-refractivity contribution in [2.24, 2.45) is 35.5 Å². The molecule has 252 valence electrons. The number of aliphatic hydroxyl groups is 2. The molecule has 0 aliphatic heterocycles. The molecule has 0 heterocycles. The van der Waals surface area contributed by atoms with Crippen LogP contribution in [0.4, 0.5) is 0 Å². The van der Waals surface area contributed by atoms with E-state index in [9.17, 15) is 5.11 Å². The third-order valence-corrected chi connectivity index (χ3v) is 9.62. The van der Waals surface area contributed by atoms with Crippen molar-refractivity contribution in [3.05, 3.63) is 24.3 Å². The number of aliphatic hydroxyl groups excluding tert-OH is 1. The molecule has 2 heteroatoms. The van der Waals surface area contributed by atoms with Gasteiger partial charge in [-0.15, -0.1) is 6.58 Å². The van der Waals surface area contributed by atoms with Crippen LogP contribution >= 0.6 is 0 Å². The maximum atomic E-state index is 10.0. The van der Waals surface area contributed by atoms with Crippen LogP contribution in [0.1, 0.15) is 185 Å². The van der Waals surface area contributed by atoms with E-state index in [2.05, 4.69) is 68.9 Å². The monoisotopic (exact) mass is 593 g/mol. The molecule has 0 saturated heterocycles. The lowest BCUT2D eigenvalue weighted by molar-refractivity contribution is 0.0925. The molecule has 0 amide bonds. The van der Waals surface area contributed by atoms with Gasteiger partial charge in [-0.2, -0.15) is 0 Å². The molecule has 0 spiro atoms. The van der Waals surface area contributed by atoms with Crippen LogP contribution in [0.3, 0.4) is 0 Å². The van der Waals surface area contributed by atoms with E-state index < -0.39 is 5.60 Å². The van der Waals surface area contributed by atoms with Gasteiger partial charge in [-0.3, -0.25) is 0 Å². The van der Waals surface area contributed by atoms with E-state index >= 15 is 0 Å². The van der Waals surface area contributed by atoms with Gasteiger partial charge in [0, 0.05) is 0 Å². The molecule has 2 N–H and O–H groups in total. The summed E-state index contributed by atoms with van der Waals surface area (Å²) in [4.78, 5) is 0. The zero-order chi connectivity index (χ0) is 32.4. The second-order valence-corrected chi connectivity index (χ2v) is 15.1. The van der Waals surface area contributed by atoms with Crippen molar-refractivity contribution < 1.29 is 10.2 Å². The van der Waals surface area contributed by atoms with Gasteiger partial charge in [-0.1, -0.05) is 163 Å². The number of hydrogen-bond donors (Lipinski definition) is 2. The largest absolute Gasteiger partial charge is 0.392 e. The Morgan fingerprint density at radius 1 is 0.667 bits per heavy atom. The third-order valence-electron chi connectivity index (χ3n) is 9.62. The summed E-state index contributed by atoms with van der Waals surface area (Å²) in [5.74, 6) is 5.11. The first-order valence-corrected chi connectivity index (χ1v) is 18.4. The summed E-state index contributed by atoms with van der Waals surface area (Å²) in [6.45, 7) is 26.6. The third kappa shape index (κ3) is 29.5. The highest BCUT2D eigenvalue weighted by atomic mass is 16.3. The lowest BCUT2D eigenvalue weighted by Gasteiger charge is -2.22. The molecule has 5 atom stereocenters. The molecule has 0 saturated carbocycles. The second-order valence-electron chi connectivity index (χ2n) is 15.1. The van der Waals surface area contributed by atoms with E-state index in [4.69, 9.17) is 5.11 Å². The van der Waals surface area contributed by atoms with Crippen molar-refractivity contribution >= 4 is 0 Å². The predicted molar refractivity (Wildman–Crippen MR) is 191 cm³/mol. The number of hydrogen-bond acceptors (Lipinski definition) is 2. The summed E-state index contributed by atoms with van der Waals surface area (Å²) in [6, 6.07) is 0. The summed E-state index contributed by atoms with van der Waals surface area (Å²) in [5.41, 5.74) is 0.662. The summed E-state index contributed by atoms with van der Waals surface area (Å²) in [7, 11) is 0. The van der Waals surface area contributed by atoms with Crippen molar-refractivity contribution in [1.29, 1.82) is 0 Å². The summed E-state index contributed by atoms with van der Waals surface area (Å²) in [5, 5.41) is 18.9. The van der Waals surface area contributed by atoms with E-state index in [-0.39, 0.29) is 6.61 Å². The Labute approximate surface area is 266 Å². The standard InChI is InChI=1S/2C20H40O/c1-7-19(15-16-20(6,21)8-2)14-10-13-18(5)12-9-11-17(3)4;1-6-20(14-13-19(5)15-16-21)12-8-11-18(4)10-7-9-17(2)3/h8,17-19,21H,2,7,9-16H2,1,3-6H3;15,17-18,20-21H,6-14,16H2,1-5H3. The first-order chi connectivity index (χ1) is 19.8. The Morgan fingerprint density at radius 3 is 1.43 bits per heavy atom. The average molecular weight is 593 g/mol. The van der Waals surface area contributed by atoms with Crippen molar-refractivity contribution in [2.45, 2.75) is 190 Å². The van der Waals surface area contributed by atoms with Gasteiger partial charge in [-0.05, 0) is 75.0 Å². The van der Waals surface area contributed by atoms with Crippen LogP contribution < -0.4 is 0 Å². The Bertz CT molecular complexity index is 617. The highest BCUT2D eigenvalue weighted by molar-refractivity contribution is 4.97. The van der Waals surface area contributed by atoms with Gasteiger partial charge >= 0.3 is 0 Å². The van der Waals surface area contributed by atoms with E-state index in [1.807, 2.05) is 13.0 Å². The molecular weight excluding hydrogens is 512 g/mol. The van der Waals surface area contributed by atoms with E-state index in [1.165, 1.54) is 102 Å². The van der Waals surface area contributed by atoms with E-state index in [0.717, 1.165) is 54.8 Å². The van der Waals surface area contributed by atoms with Crippen molar-refractivity contribution in [3.63, 3.8) is 0 Å². The molecule has 0 aromatic rings. The molecule has 0 aromatic heterocycles. The zero-order valence-corrected chi connectivity index (χ0v) is 30.7. The maximum Gasteiger partial charge on any atom is 0.0797 e. The molecule has 0 bridgehead atoms. The molecule has 0 aliphatic rings. The van der Waals surface area contributed by atoms with Gasteiger partial charge < -0.3 is 10.2 Å². The second kappa shape index (κ2) is 27.9. The number of allylic oxidation sites excluding steroid dienone is 1. The fourth-order valence-corrected chi connectivity index (χ4v) is 5.94. The Balaban J connectivity index is 0. The molecule has 0 radical (unpaired) electrons. The Kier molecular flexibility index (Phi) is 28.9. The lowest BCUT2D eigenvalue weighted by Crippen LogP contribution is -2.21. The van der Waals surface area contributed by atoms with Crippen molar-refractivity contribution in [1.82, 2.24) is 0 Å². The van der Waals surface area contributed by atoms with Gasteiger partial charge in [0.1, 0.15) is 0 Å². The molecular formula is C40H80O2. The Morgan fingerprint density at radius 2 is 1.07 bits per heavy atom. The van der Waals surface area contributed by atoms with E-state index in [0.29, 0.717) is 0 Å². The molecule has 5 unspecified atom stereocenters. The molecule has 0 aliphatic carbocycles. The fraction of sp³-hybridized carbons (Fsp3) is 0.900.